The molecule has 0 saturated heterocycles. The molecule has 0 atom stereocenters. The molecule has 4 heteroatoms. The second-order valence-corrected chi connectivity index (χ2v) is 3.09. The van der Waals surface area contributed by atoms with Crippen molar-refractivity contribution in [3.8, 4) is 0 Å². The van der Waals surface area contributed by atoms with E-state index in [4.69, 9.17) is 0 Å². The lowest BCUT2D eigenvalue weighted by molar-refractivity contribution is 0.873. The maximum absolute atomic E-state index is 11.6. The average molecular weight is 188 g/mol. The van der Waals surface area contributed by atoms with E-state index in [-0.39, 0.29) is 11.2 Å². The van der Waals surface area contributed by atoms with E-state index in [9.17, 15) is 9.70 Å². The SMILES string of the molecule is Cn1ccc2ccc(N=O)cc2c1=O. The fourth-order valence-corrected chi connectivity index (χ4v) is 1.38. The van der Waals surface area contributed by atoms with Gasteiger partial charge in [0.1, 0.15) is 5.69 Å². The van der Waals surface area contributed by atoms with E-state index in [1.807, 2.05) is 6.07 Å². The van der Waals surface area contributed by atoms with Crippen LogP contribution in [0, 0.1) is 4.91 Å². The first-order valence-electron chi connectivity index (χ1n) is 4.15. The van der Waals surface area contributed by atoms with Crippen LogP contribution in [0.2, 0.25) is 0 Å². The smallest absolute Gasteiger partial charge is 0.258 e. The molecule has 0 spiro atoms. The van der Waals surface area contributed by atoms with E-state index in [0.29, 0.717) is 5.39 Å². The molecular formula is C10H8N2O2. The molecule has 70 valence electrons. The van der Waals surface area contributed by atoms with Gasteiger partial charge in [0.15, 0.2) is 0 Å². The second-order valence-electron chi connectivity index (χ2n) is 3.09. The van der Waals surface area contributed by atoms with E-state index < -0.39 is 0 Å². The molecule has 0 saturated carbocycles. The molecule has 0 fully saturated rings. The van der Waals surface area contributed by atoms with E-state index in [2.05, 4.69) is 5.18 Å². The zero-order valence-electron chi connectivity index (χ0n) is 7.60. The van der Waals surface area contributed by atoms with Crippen molar-refractivity contribution in [2.75, 3.05) is 0 Å². The van der Waals surface area contributed by atoms with Crippen LogP contribution in [0.3, 0.4) is 0 Å². The topological polar surface area (TPSA) is 51.4 Å². The second kappa shape index (κ2) is 3.06. The lowest BCUT2D eigenvalue weighted by atomic mass is 10.1. The molecule has 1 aromatic heterocycles. The van der Waals surface area contributed by atoms with Gasteiger partial charge in [-0.15, -0.1) is 4.91 Å². The third kappa shape index (κ3) is 1.21. The minimum Gasteiger partial charge on any atom is -0.318 e. The zero-order valence-corrected chi connectivity index (χ0v) is 7.60. The first-order chi connectivity index (χ1) is 6.72. The molecule has 0 aliphatic carbocycles. The van der Waals surface area contributed by atoms with Crippen LogP contribution in [0.25, 0.3) is 10.8 Å². The van der Waals surface area contributed by atoms with Gasteiger partial charge in [-0.05, 0) is 28.8 Å². The van der Waals surface area contributed by atoms with Gasteiger partial charge in [0, 0.05) is 18.6 Å². The highest BCUT2D eigenvalue weighted by Crippen LogP contribution is 2.17. The third-order valence-electron chi connectivity index (χ3n) is 2.17. The van der Waals surface area contributed by atoms with Crippen molar-refractivity contribution in [2.24, 2.45) is 12.2 Å². The Hall–Kier alpha value is -1.97. The summed E-state index contributed by atoms with van der Waals surface area (Å²) in [6.45, 7) is 0. The maximum Gasteiger partial charge on any atom is 0.258 e. The van der Waals surface area contributed by atoms with Gasteiger partial charge >= 0.3 is 0 Å². The first kappa shape index (κ1) is 8.62. The Morgan fingerprint density at radius 3 is 2.79 bits per heavy atom. The van der Waals surface area contributed by atoms with Gasteiger partial charge in [0.05, 0.1) is 0 Å². The number of aromatic nitrogens is 1. The van der Waals surface area contributed by atoms with Crippen molar-refractivity contribution in [3.05, 3.63) is 45.7 Å². The summed E-state index contributed by atoms with van der Waals surface area (Å²) in [5, 5.41) is 4.13. The number of hydrogen-bond donors (Lipinski definition) is 0. The number of fused-ring (bicyclic) bond motifs is 1. The molecule has 0 radical (unpaired) electrons. The van der Waals surface area contributed by atoms with Crippen LogP contribution in [0.4, 0.5) is 5.69 Å². The number of hydrogen-bond acceptors (Lipinski definition) is 3. The van der Waals surface area contributed by atoms with Crippen LogP contribution in [-0.4, -0.2) is 4.57 Å². The van der Waals surface area contributed by atoms with E-state index in [0.717, 1.165) is 5.39 Å². The van der Waals surface area contributed by atoms with Crippen molar-refractivity contribution in [2.45, 2.75) is 0 Å². The summed E-state index contributed by atoms with van der Waals surface area (Å²) >= 11 is 0. The maximum atomic E-state index is 11.6. The number of rotatable bonds is 1. The molecule has 0 bridgehead atoms. The quantitative estimate of drug-likeness (QED) is 0.642. The molecule has 2 aromatic rings. The standard InChI is InChI=1S/C10H8N2O2/c1-12-5-4-7-2-3-8(11-14)6-9(7)10(12)13/h2-6H,1H3. The fraction of sp³-hybridized carbons (Fsp3) is 0.100. The van der Waals surface area contributed by atoms with Gasteiger partial charge in [0.25, 0.3) is 5.56 Å². The highest BCUT2D eigenvalue weighted by molar-refractivity contribution is 5.84. The molecular weight excluding hydrogens is 180 g/mol. The fourth-order valence-electron chi connectivity index (χ4n) is 1.38. The van der Waals surface area contributed by atoms with Crippen molar-refractivity contribution in [3.63, 3.8) is 0 Å². The predicted molar refractivity (Wildman–Crippen MR) is 54.6 cm³/mol. The Bertz CT molecular complexity index is 558. The molecule has 0 N–H and O–H groups in total. The summed E-state index contributed by atoms with van der Waals surface area (Å²) in [6.07, 6.45) is 1.69. The van der Waals surface area contributed by atoms with Crippen molar-refractivity contribution in [1.82, 2.24) is 4.57 Å². The van der Waals surface area contributed by atoms with Gasteiger partial charge in [0.2, 0.25) is 0 Å². The van der Waals surface area contributed by atoms with Crippen LogP contribution in [0.15, 0.2) is 40.4 Å². The zero-order chi connectivity index (χ0) is 10.1. The Morgan fingerprint density at radius 1 is 1.29 bits per heavy atom. The van der Waals surface area contributed by atoms with E-state index >= 15 is 0 Å². The molecule has 0 amide bonds. The largest absolute Gasteiger partial charge is 0.318 e. The summed E-state index contributed by atoms with van der Waals surface area (Å²) in [7, 11) is 1.67. The average Bonchev–Trinajstić information content (AvgIpc) is 2.23. The minimum atomic E-state index is -0.118. The number of pyridine rings is 1. The lowest BCUT2D eigenvalue weighted by Crippen LogP contribution is -2.15. The van der Waals surface area contributed by atoms with Crippen LogP contribution < -0.4 is 5.56 Å². The van der Waals surface area contributed by atoms with Gasteiger partial charge < -0.3 is 4.57 Å². The van der Waals surface area contributed by atoms with Gasteiger partial charge in [-0.1, -0.05) is 6.07 Å². The summed E-state index contributed by atoms with van der Waals surface area (Å²) in [4.78, 5) is 21.9. The van der Waals surface area contributed by atoms with Gasteiger partial charge in [-0.3, -0.25) is 4.79 Å². The highest BCUT2D eigenvalue weighted by atomic mass is 16.3. The van der Waals surface area contributed by atoms with Crippen LogP contribution in [0.5, 0.6) is 0 Å². The van der Waals surface area contributed by atoms with Crippen LogP contribution in [-0.2, 0) is 7.05 Å². The first-order valence-corrected chi connectivity index (χ1v) is 4.15. The summed E-state index contributed by atoms with van der Waals surface area (Å²) < 4.78 is 1.47. The molecule has 2 rings (SSSR count). The Morgan fingerprint density at radius 2 is 2.07 bits per heavy atom. The van der Waals surface area contributed by atoms with Gasteiger partial charge in [-0.2, -0.15) is 0 Å². The number of benzene rings is 1. The number of nitroso groups, excluding NO2 is 1. The normalized spacial score (nSPS) is 10.4. The summed E-state index contributed by atoms with van der Waals surface area (Å²) in [5.74, 6) is 0. The molecule has 0 aliphatic heterocycles. The Kier molecular flexibility index (Phi) is 1.89. The molecule has 0 unspecified atom stereocenters. The monoisotopic (exact) mass is 188 g/mol. The number of nitrogens with zero attached hydrogens (tertiary/aromatic N) is 2. The van der Waals surface area contributed by atoms with Crippen molar-refractivity contribution in [1.29, 1.82) is 0 Å². The summed E-state index contributed by atoms with van der Waals surface area (Å²) in [5.41, 5.74) is 0.161. The highest BCUT2D eigenvalue weighted by Gasteiger charge is 2.01. The molecule has 14 heavy (non-hydrogen) atoms. The molecule has 0 aliphatic rings. The predicted octanol–water partition coefficient (Wildman–Crippen LogP) is 1.94. The van der Waals surface area contributed by atoms with Gasteiger partial charge in [-0.25, -0.2) is 0 Å². The molecule has 4 nitrogen and oxygen atoms in total. The Balaban J connectivity index is 2.91. The number of aryl methyl sites for hydroxylation is 1. The van der Waals surface area contributed by atoms with E-state index in [1.165, 1.54) is 10.6 Å². The molecule has 1 aromatic carbocycles. The van der Waals surface area contributed by atoms with Crippen molar-refractivity contribution >= 4 is 16.5 Å². The lowest BCUT2D eigenvalue weighted by Gasteiger charge is -2.00. The van der Waals surface area contributed by atoms with Crippen LogP contribution >= 0.6 is 0 Å². The Labute approximate surface area is 79.8 Å². The summed E-state index contributed by atoms with van der Waals surface area (Å²) in [6, 6.07) is 6.64. The third-order valence-corrected chi connectivity index (χ3v) is 2.17. The van der Waals surface area contributed by atoms with Crippen LogP contribution in [0.1, 0.15) is 0 Å². The minimum absolute atomic E-state index is 0.118. The van der Waals surface area contributed by atoms with E-state index in [1.54, 1.807) is 25.4 Å². The van der Waals surface area contributed by atoms with Crippen molar-refractivity contribution < 1.29 is 0 Å². The molecule has 1 heterocycles.